The normalized spacial score (nSPS) is 15.4. The lowest BCUT2D eigenvalue weighted by molar-refractivity contribution is -0.384. The number of nitro groups is 1. The molecule has 0 radical (unpaired) electrons. The fraction of sp³-hybridized carbons (Fsp3) is 0.250. The predicted molar refractivity (Wildman–Crippen MR) is 119 cm³/mol. The lowest BCUT2D eigenvalue weighted by Gasteiger charge is -2.19. The van der Waals surface area contributed by atoms with Crippen molar-refractivity contribution in [2.24, 2.45) is 5.92 Å². The Kier molecular flexibility index (Phi) is 7.31. The number of hydrogen-bond donors (Lipinski definition) is 1. The van der Waals surface area contributed by atoms with Crippen molar-refractivity contribution in [3.8, 4) is 5.75 Å². The van der Waals surface area contributed by atoms with E-state index in [1.807, 2.05) is 0 Å². The van der Waals surface area contributed by atoms with Gasteiger partial charge in [-0.05, 0) is 40.2 Å². The average Bonchev–Trinajstić information content (AvgIpc) is 3.15. The maximum atomic E-state index is 12.4. The van der Waals surface area contributed by atoms with Crippen molar-refractivity contribution >= 4 is 62.4 Å². The number of halogens is 2. The summed E-state index contributed by atoms with van der Waals surface area (Å²) < 4.78 is 10.9. The van der Waals surface area contributed by atoms with Crippen LogP contribution in [0.5, 0.6) is 5.75 Å². The van der Waals surface area contributed by atoms with Crippen molar-refractivity contribution in [3.05, 3.63) is 56.0 Å². The summed E-state index contributed by atoms with van der Waals surface area (Å²) in [6, 6.07) is 8.66. The van der Waals surface area contributed by atoms with Crippen LogP contribution in [0, 0.1) is 16.0 Å². The average molecular weight is 527 g/mol. The number of anilines is 2. The minimum Gasteiger partial charge on any atom is -0.494 e. The van der Waals surface area contributed by atoms with Gasteiger partial charge in [-0.25, -0.2) is 0 Å². The highest BCUT2D eigenvalue weighted by Gasteiger charge is 2.37. The molecular formula is C20H17BrClN3O7. The van der Waals surface area contributed by atoms with Gasteiger partial charge >= 0.3 is 5.97 Å². The van der Waals surface area contributed by atoms with Gasteiger partial charge in [-0.2, -0.15) is 0 Å². The Bertz CT molecular complexity index is 1090. The lowest BCUT2D eigenvalue weighted by Crippen LogP contribution is -2.28. The zero-order valence-corrected chi connectivity index (χ0v) is 19.0. The molecule has 0 bridgehead atoms. The van der Waals surface area contributed by atoms with E-state index < -0.39 is 29.3 Å². The van der Waals surface area contributed by atoms with E-state index in [-0.39, 0.29) is 30.3 Å². The summed E-state index contributed by atoms with van der Waals surface area (Å²) in [6.07, 6.45) is -0.122. The summed E-state index contributed by atoms with van der Waals surface area (Å²) >= 11 is 9.22. The first kappa shape index (κ1) is 23.5. The molecular weight excluding hydrogens is 510 g/mol. The van der Waals surface area contributed by atoms with Crippen LogP contribution in [0.15, 0.2) is 40.9 Å². The van der Waals surface area contributed by atoms with Crippen LogP contribution in [0.4, 0.5) is 17.1 Å². The van der Waals surface area contributed by atoms with E-state index in [1.165, 1.54) is 36.3 Å². The second-order valence-electron chi connectivity index (χ2n) is 6.80. The minimum atomic E-state index is -0.794. The van der Waals surface area contributed by atoms with Gasteiger partial charge in [-0.1, -0.05) is 11.6 Å². The molecule has 168 valence electrons. The lowest BCUT2D eigenvalue weighted by atomic mass is 10.1. The molecule has 3 rings (SSSR count). The highest BCUT2D eigenvalue weighted by atomic mass is 79.9. The molecule has 10 nitrogen and oxygen atoms in total. The van der Waals surface area contributed by atoms with Gasteiger partial charge in [0.05, 0.1) is 34.7 Å². The molecule has 1 fully saturated rings. The zero-order chi connectivity index (χ0) is 23.4. The predicted octanol–water partition coefficient (Wildman–Crippen LogP) is 3.55. The van der Waals surface area contributed by atoms with Gasteiger partial charge in [0.15, 0.2) is 6.61 Å². The Balaban J connectivity index is 1.59. The van der Waals surface area contributed by atoms with Crippen LogP contribution in [0.1, 0.15) is 6.42 Å². The molecule has 2 aromatic carbocycles. The molecule has 2 aromatic rings. The van der Waals surface area contributed by atoms with E-state index in [4.69, 9.17) is 21.1 Å². The van der Waals surface area contributed by atoms with Gasteiger partial charge in [-0.3, -0.25) is 24.5 Å². The molecule has 1 aliphatic rings. The topological polar surface area (TPSA) is 128 Å². The van der Waals surface area contributed by atoms with E-state index >= 15 is 0 Å². The first-order chi connectivity index (χ1) is 15.2. The quantitative estimate of drug-likeness (QED) is 0.332. The van der Waals surface area contributed by atoms with Crippen LogP contribution in [-0.2, 0) is 19.1 Å². The third-order valence-corrected chi connectivity index (χ3v) is 5.90. The van der Waals surface area contributed by atoms with Crippen LogP contribution < -0.4 is 15.0 Å². The molecule has 2 amide bonds. The second-order valence-corrected chi connectivity index (χ2v) is 8.06. The highest BCUT2D eigenvalue weighted by molar-refractivity contribution is 9.10. The van der Waals surface area contributed by atoms with Crippen molar-refractivity contribution < 1.29 is 28.8 Å². The van der Waals surface area contributed by atoms with Crippen LogP contribution >= 0.6 is 27.5 Å². The van der Waals surface area contributed by atoms with Gasteiger partial charge in [0.2, 0.25) is 5.91 Å². The molecule has 0 unspecified atom stereocenters. The summed E-state index contributed by atoms with van der Waals surface area (Å²) in [4.78, 5) is 48.6. The van der Waals surface area contributed by atoms with E-state index in [0.29, 0.717) is 20.9 Å². The van der Waals surface area contributed by atoms with Crippen molar-refractivity contribution in [2.75, 3.05) is 30.5 Å². The van der Waals surface area contributed by atoms with Gasteiger partial charge < -0.3 is 19.7 Å². The first-order valence-electron chi connectivity index (χ1n) is 9.24. The van der Waals surface area contributed by atoms with Crippen molar-refractivity contribution in [2.45, 2.75) is 6.42 Å². The molecule has 32 heavy (non-hydrogen) atoms. The maximum Gasteiger partial charge on any atom is 0.311 e. The SMILES string of the molecule is COc1cc([N+](=O)[O-])ccc1N1C[C@@H](C(=O)OCC(=O)Nc2ccc(Br)c(Cl)c2)CC1=O. The van der Waals surface area contributed by atoms with Crippen LogP contribution in [0.3, 0.4) is 0 Å². The number of carbonyl (C=O) groups is 3. The van der Waals surface area contributed by atoms with Crippen LogP contribution in [-0.4, -0.2) is 43.0 Å². The van der Waals surface area contributed by atoms with Crippen molar-refractivity contribution in [1.82, 2.24) is 0 Å². The number of methoxy groups -OCH3 is 1. The summed E-state index contributed by atoms with van der Waals surface area (Å²) in [6.45, 7) is -0.534. The summed E-state index contributed by atoms with van der Waals surface area (Å²) in [7, 11) is 1.33. The number of nitrogens with zero attached hydrogens (tertiary/aromatic N) is 2. The smallest absolute Gasteiger partial charge is 0.311 e. The molecule has 12 heteroatoms. The Labute approximate surface area is 195 Å². The maximum absolute atomic E-state index is 12.4. The van der Waals surface area contributed by atoms with Gasteiger partial charge in [-0.15, -0.1) is 0 Å². The number of non-ortho nitro benzene ring substituents is 1. The van der Waals surface area contributed by atoms with Crippen molar-refractivity contribution in [3.63, 3.8) is 0 Å². The van der Waals surface area contributed by atoms with Gasteiger partial charge in [0, 0.05) is 29.2 Å². The number of nitro benzene ring substituents is 1. The summed E-state index contributed by atoms with van der Waals surface area (Å²) in [5, 5.41) is 13.9. The van der Waals surface area contributed by atoms with Crippen molar-refractivity contribution in [1.29, 1.82) is 0 Å². The highest BCUT2D eigenvalue weighted by Crippen LogP contribution is 2.36. The zero-order valence-electron chi connectivity index (χ0n) is 16.7. The number of rotatable bonds is 7. The largest absolute Gasteiger partial charge is 0.494 e. The van der Waals surface area contributed by atoms with Gasteiger partial charge in [0.1, 0.15) is 5.75 Å². The molecule has 0 aliphatic carbocycles. The Hall–Kier alpha value is -3.18. The monoisotopic (exact) mass is 525 g/mol. The number of hydrogen-bond acceptors (Lipinski definition) is 7. The number of ether oxygens (including phenoxy) is 2. The van der Waals surface area contributed by atoms with E-state index in [9.17, 15) is 24.5 Å². The summed E-state index contributed by atoms with van der Waals surface area (Å²) in [5.74, 6) is -2.29. The molecule has 0 saturated carbocycles. The molecule has 1 N–H and O–H groups in total. The Morgan fingerprint density at radius 1 is 1.31 bits per heavy atom. The van der Waals surface area contributed by atoms with E-state index in [0.717, 1.165) is 0 Å². The standard InChI is InChI=1S/C20H17BrClN3O7/c1-31-17-8-13(25(29)30)3-5-16(17)24-9-11(6-19(24)27)20(28)32-10-18(26)23-12-2-4-14(21)15(22)7-12/h2-5,7-8,11H,6,9-10H2,1H3,(H,23,26)/t11-/m0/s1. The Morgan fingerprint density at radius 3 is 2.72 bits per heavy atom. The number of esters is 1. The second kappa shape index (κ2) is 9.96. The number of amides is 2. The third-order valence-electron chi connectivity index (χ3n) is 4.67. The molecule has 0 spiro atoms. The summed E-state index contributed by atoms with van der Waals surface area (Å²) in [5.41, 5.74) is 0.557. The van der Waals surface area contributed by atoms with Crippen LogP contribution in [0.2, 0.25) is 5.02 Å². The first-order valence-corrected chi connectivity index (χ1v) is 10.4. The third kappa shape index (κ3) is 5.35. The number of benzene rings is 2. The molecule has 1 saturated heterocycles. The molecule has 0 aromatic heterocycles. The van der Waals surface area contributed by atoms with Crippen LogP contribution in [0.25, 0.3) is 0 Å². The number of nitrogens with one attached hydrogen (secondary N) is 1. The fourth-order valence-corrected chi connectivity index (χ4v) is 3.55. The van der Waals surface area contributed by atoms with E-state index in [1.54, 1.807) is 12.1 Å². The molecule has 1 atom stereocenters. The Morgan fingerprint density at radius 2 is 2.06 bits per heavy atom. The van der Waals surface area contributed by atoms with E-state index in [2.05, 4.69) is 21.2 Å². The fourth-order valence-electron chi connectivity index (χ4n) is 3.13. The molecule has 1 heterocycles. The molecule has 1 aliphatic heterocycles. The van der Waals surface area contributed by atoms with Gasteiger partial charge in [0.25, 0.3) is 11.6 Å². The minimum absolute atomic E-state index is 0.00419. The number of carbonyl (C=O) groups excluding carboxylic acids is 3.